The molecule has 3 fully saturated rings. The van der Waals surface area contributed by atoms with E-state index in [1.54, 1.807) is 0 Å². The van der Waals surface area contributed by atoms with Gasteiger partial charge < -0.3 is 15.1 Å². The molecule has 12 nitrogen and oxygen atoms in total. The van der Waals surface area contributed by atoms with Gasteiger partial charge in [-0.1, -0.05) is 30.7 Å². The molecule has 2 unspecified atom stereocenters. The number of nitrogens with zero attached hydrogens (tertiary/aromatic N) is 5. The van der Waals surface area contributed by atoms with Crippen LogP contribution in [0.2, 0.25) is 5.02 Å². The van der Waals surface area contributed by atoms with Gasteiger partial charge in [-0.3, -0.25) is 39.1 Å². The van der Waals surface area contributed by atoms with Crippen LogP contribution in [0.5, 0.6) is 0 Å². The normalized spacial score (nSPS) is 20.8. The number of carbonyl (C=O) groups is 5. The second-order valence-corrected chi connectivity index (χ2v) is 18.2. The second-order valence-electron chi connectivity index (χ2n) is 17.8. The zero-order valence-electron chi connectivity index (χ0n) is 35.3. The maximum atomic E-state index is 11.5. The first-order valence-corrected chi connectivity index (χ1v) is 21.4. The Morgan fingerprint density at radius 1 is 0.967 bits per heavy atom. The molecule has 0 radical (unpaired) electrons. The highest BCUT2D eigenvalue weighted by Crippen LogP contribution is 2.46. The molecule has 3 saturated heterocycles. The maximum absolute atomic E-state index is 11.5. The molecule has 4 aliphatic rings. The fraction of sp³-hybridized carbons (Fsp3) is 0.489. The first-order valence-electron chi connectivity index (χ1n) is 21.0. The molecule has 3 aromatic rings. The van der Waals surface area contributed by atoms with E-state index in [4.69, 9.17) is 11.6 Å². The van der Waals surface area contributed by atoms with Crippen molar-refractivity contribution in [1.82, 2.24) is 20.4 Å². The molecule has 3 amide bonds. The van der Waals surface area contributed by atoms with Gasteiger partial charge in [0.15, 0.2) is 12.6 Å². The lowest BCUT2D eigenvalue weighted by Crippen LogP contribution is -2.50. The summed E-state index contributed by atoms with van der Waals surface area (Å²) in [5, 5.41) is 14.9. The van der Waals surface area contributed by atoms with Crippen molar-refractivity contribution in [2.24, 2.45) is 10.8 Å². The lowest BCUT2D eigenvalue weighted by Gasteiger charge is -2.40. The number of nitrogens with one attached hydrogen (secondary N) is 2. The molecular weight excluding hydrogens is 778 g/mol. The Morgan fingerprint density at radius 3 is 2.18 bits per heavy atom. The number of imide groups is 1. The Hall–Kier alpha value is -5.09. The molecule has 60 heavy (non-hydrogen) atoms. The quantitative estimate of drug-likeness (QED) is 0.110. The third kappa shape index (κ3) is 10.6. The van der Waals surface area contributed by atoms with Crippen molar-refractivity contribution in [2.75, 3.05) is 56.6 Å². The Labute approximate surface area is 359 Å². The molecule has 13 heteroatoms. The summed E-state index contributed by atoms with van der Waals surface area (Å²) in [6, 6.07) is 21.1. The molecule has 7 rings (SSSR count). The van der Waals surface area contributed by atoms with E-state index in [1.165, 1.54) is 17.7 Å². The van der Waals surface area contributed by atoms with E-state index in [1.807, 2.05) is 49.3 Å². The summed E-state index contributed by atoms with van der Waals surface area (Å²) >= 11 is 6.38. The second kappa shape index (κ2) is 19.5. The number of anilines is 2. The number of hydrogen-bond acceptors (Lipinski definition) is 10. The SMILES string of the molecule is CN(C)C1CCC(=O)NC1=O.C[C@H]1CC2(CCN(c3ccc(CCC(C)(CCNC=O)CN4Cc5cc(C=O)c(C=O)cc5C4)cc3)CC2)CN1c1ccc(C#N)c(Cl)c1. The smallest absolute Gasteiger partial charge is 0.243 e. The van der Waals surface area contributed by atoms with E-state index in [0.717, 1.165) is 107 Å². The summed E-state index contributed by atoms with van der Waals surface area (Å²) in [4.78, 5) is 65.0. The summed E-state index contributed by atoms with van der Waals surface area (Å²) in [6.45, 7) is 10.7. The van der Waals surface area contributed by atoms with Gasteiger partial charge in [-0.05, 0) is 136 Å². The predicted molar refractivity (Wildman–Crippen MR) is 234 cm³/mol. The van der Waals surface area contributed by atoms with Crippen molar-refractivity contribution in [3.8, 4) is 6.07 Å². The van der Waals surface area contributed by atoms with Crippen molar-refractivity contribution >= 4 is 53.8 Å². The summed E-state index contributed by atoms with van der Waals surface area (Å²) in [5.74, 6) is -0.334. The van der Waals surface area contributed by atoms with Gasteiger partial charge in [0.1, 0.15) is 6.07 Å². The molecule has 3 atom stereocenters. The molecule has 2 N–H and O–H groups in total. The van der Waals surface area contributed by atoms with Crippen LogP contribution in [0, 0.1) is 22.2 Å². The summed E-state index contributed by atoms with van der Waals surface area (Å²) < 4.78 is 0. The third-order valence-electron chi connectivity index (χ3n) is 13.2. The number of aldehydes is 2. The number of carbonyl (C=O) groups excluding carboxylic acids is 5. The van der Waals surface area contributed by atoms with Gasteiger partial charge >= 0.3 is 0 Å². The monoisotopic (exact) mass is 835 g/mol. The molecule has 0 saturated carbocycles. The number of halogens is 1. The number of piperidine rings is 2. The van der Waals surface area contributed by atoms with Gasteiger partial charge in [-0.15, -0.1) is 0 Å². The first-order chi connectivity index (χ1) is 28.8. The largest absolute Gasteiger partial charge is 0.371 e. The average molecular weight is 836 g/mol. The average Bonchev–Trinajstić information content (AvgIpc) is 3.78. The molecule has 4 heterocycles. The highest BCUT2D eigenvalue weighted by molar-refractivity contribution is 6.32. The molecule has 4 aliphatic heterocycles. The number of benzene rings is 3. The zero-order chi connectivity index (χ0) is 43.0. The number of nitriles is 1. The van der Waals surface area contributed by atoms with Crippen LogP contribution in [0.4, 0.5) is 11.4 Å². The Bertz CT molecular complexity index is 2060. The van der Waals surface area contributed by atoms with Gasteiger partial charge in [0.05, 0.1) is 16.6 Å². The van der Waals surface area contributed by atoms with E-state index in [9.17, 15) is 29.2 Å². The lowest BCUT2D eigenvalue weighted by molar-refractivity contribution is -0.136. The van der Waals surface area contributed by atoms with E-state index >= 15 is 0 Å². The van der Waals surface area contributed by atoms with Crippen molar-refractivity contribution < 1.29 is 24.0 Å². The van der Waals surface area contributed by atoms with Crippen LogP contribution in [0.25, 0.3) is 0 Å². The van der Waals surface area contributed by atoms with Gasteiger partial charge in [-0.2, -0.15) is 5.26 Å². The van der Waals surface area contributed by atoms with Gasteiger partial charge in [0.2, 0.25) is 18.2 Å². The number of fused-ring (bicyclic) bond motifs is 1. The summed E-state index contributed by atoms with van der Waals surface area (Å²) in [5.41, 5.74) is 7.59. The highest BCUT2D eigenvalue weighted by Gasteiger charge is 2.44. The minimum absolute atomic E-state index is 0.0334. The van der Waals surface area contributed by atoms with Gasteiger partial charge in [-0.25, -0.2) is 0 Å². The Balaban J connectivity index is 0.000000477. The van der Waals surface area contributed by atoms with Gasteiger partial charge in [0.25, 0.3) is 0 Å². The molecule has 0 bridgehead atoms. The molecule has 0 aliphatic carbocycles. The number of rotatable bonds is 14. The van der Waals surface area contributed by atoms with Gasteiger partial charge in [0, 0.05) is 80.8 Å². The highest BCUT2D eigenvalue weighted by atomic mass is 35.5. The first kappa shape index (κ1) is 44.5. The van der Waals surface area contributed by atoms with E-state index in [2.05, 4.69) is 69.5 Å². The number of aryl methyl sites for hydroxylation is 1. The van der Waals surface area contributed by atoms with Crippen LogP contribution in [0.15, 0.2) is 54.6 Å². The molecule has 318 valence electrons. The van der Waals surface area contributed by atoms with Crippen LogP contribution >= 0.6 is 11.6 Å². The minimum atomic E-state index is -0.175. The van der Waals surface area contributed by atoms with E-state index < -0.39 is 0 Å². The van der Waals surface area contributed by atoms with Crippen molar-refractivity contribution in [3.63, 3.8) is 0 Å². The number of hydrogen-bond donors (Lipinski definition) is 2. The summed E-state index contributed by atoms with van der Waals surface area (Å²) in [6.07, 6.45) is 9.63. The van der Waals surface area contributed by atoms with Crippen LogP contribution in [0.3, 0.4) is 0 Å². The Morgan fingerprint density at radius 2 is 1.62 bits per heavy atom. The fourth-order valence-electron chi connectivity index (χ4n) is 9.66. The van der Waals surface area contributed by atoms with Crippen LogP contribution in [-0.2, 0) is 33.9 Å². The predicted octanol–water partition coefficient (Wildman–Crippen LogP) is 6.17. The van der Waals surface area contributed by atoms with Crippen LogP contribution < -0.4 is 20.4 Å². The van der Waals surface area contributed by atoms with E-state index in [-0.39, 0.29) is 23.3 Å². The van der Waals surface area contributed by atoms with E-state index in [0.29, 0.717) is 52.6 Å². The number of amides is 3. The molecule has 1 spiro atoms. The molecular formula is C47H58ClN7O5. The van der Waals surface area contributed by atoms with Crippen LogP contribution in [0.1, 0.15) is 102 Å². The third-order valence-corrected chi connectivity index (χ3v) is 13.5. The number of likely N-dealkylation sites (N-methyl/N-ethyl adjacent to an activating group) is 1. The standard InChI is InChI=1S/C40H46ClN5O3.C7H12N2O2/c1-29-20-40(27-46(29)37-8-5-31(21-42)38(41)19-37)12-15-45(16-13-40)36-6-3-30(4-7-36)9-10-39(2,11-14-43-28-49)26-44-22-32-17-34(24-47)35(25-48)18-33(32)23-44;1-9(2)5-3-4-6(10)8-7(5)11/h3-8,17-19,24-25,28-29H,9-16,20,22-23,26-27H2,1-2H3,(H,43,49);5H,3-4H2,1-2H3,(H,8,10,11)/t29-,39?;/m0./s1. The molecule has 0 aromatic heterocycles. The maximum Gasteiger partial charge on any atom is 0.243 e. The Kier molecular flexibility index (Phi) is 14.5. The van der Waals surface area contributed by atoms with Crippen molar-refractivity contribution in [2.45, 2.75) is 90.4 Å². The fourth-order valence-corrected chi connectivity index (χ4v) is 9.88. The van der Waals surface area contributed by atoms with Crippen molar-refractivity contribution in [1.29, 1.82) is 5.26 Å². The van der Waals surface area contributed by atoms with Crippen molar-refractivity contribution in [3.05, 3.63) is 93.0 Å². The summed E-state index contributed by atoms with van der Waals surface area (Å²) in [7, 11) is 3.67. The minimum Gasteiger partial charge on any atom is -0.371 e. The zero-order valence-corrected chi connectivity index (χ0v) is 36.1. The topological polar surface area (TPSA) is 146 Å². The van der Waals surface area contributed by atoms with Crippen LogP contribution in [-0.4, -0.2) is 99.5 Å². The lowest BCUT2D eigenvalue weighted by atomic mass is 9.76. The molecule has 3 aromatic carbocycles.